The lowest BCUT2D eigenvalue weighted by molar-refractivity contribution is 0.651. The Balaban J connectivity index is 1.87. The van der Waals surface area contributed by atoms with E-state index in [0.29, 0.717) is 0 Å². The lowest BCUT2D eigenvalue weighted by Gasteiger charge is -2.15. The second-order valence-corrected chi connectivity index (χ2v) is 8.73. The lowest BCUT2D eigenvalue weighted by Crippen LogP contribution is -2.19. The fourth-order valence-electron chi connectivity index (χ4n) is 2.66. The number of benzene rings is 1. The van der Waals surface area contributed by atoms with Crippen LogP contribution in [0.2, 0.25) is 0 Å². The number of thiophene rings is 1. The number of hydrogen-bond acceptors (Lipinski definition) is 6. The van der Waals surface area contributed by atoms with Gasteiger partial charge in [-0.15, -0.1) is 34.9 Å². The average Bonchev–Trinajstić information content (AvgIpc) is 3.18. The molecule has 0 unspecified atom stereocenters. The summed E-state index contributed by atoms with van der Waals surface area (Å²) in [5.41, 5.74) is 1.37. The quantitative estimate of drug-likeness (QED) is 0.721. The van der Waals surface area contributed by atoms with Crippen molar-refractivity contribution in [2.75, 3.05) is 25.6 Å². The number of rotatable bonds is 3. The Morgan fingerprint density at radius 2 is 2.14 bits per heavy atom. The molecular formula is C15H14N2S4. The summed E-state index contributed by atoms with van der Waals surface area (Å²) >= 11 is 7.38. The van der Waals surface area contributed by atoms with Gasteiger partial charge in [-0.05, 0) is 42.5 Å². The van der Waals surface area contributed by atoms with E-state index in [1.807, 2.05) is 46.6 Å². The van der Waals surface area contributed by atoms with Gasteiger partial charge in [-0.1, -0.05) is 6.07 Å². The van der Waals surface area contributed by atoms with Crippen LogP contribution >= 0.6 is 46.6 Å². The van der Waals surface area contributed by atoms with Crippen LogP contribution in [0.3, 0.4) is 0 Å². The van der Waals surface area contributed by atoms with E-state index >= 15 is 0 Å². The molecule has 0 fully saturated rings. The van der Waals surface area contributed by atoms with Gasteiger partial charge < -0.3 is 4.90 Å². The van der Waals surface area contributed by atoms with Crippen LogP contribution in [-0.4, -0.2) is 35.7 Å². The van der Waals surface area contributed by atoms with E-state index in [0.717, 1.165) is 13.1 Å². The zero-order valence-corrected chi connectivity index (χ0v) is 15.0. The van der Waals surface area contributed by atoms with Crippen molar-refractivity contribution < 1.29 is 0 Å². The van der Waals surface area contributed by atoms with Gasteiger partial charge in [0.15, 0.2) is 5.17 Å². The van der Waals surface area contributed by atoms with Crippen molar-refractivity contribution in [1.82, 2.24) is 4.90 Å². The Hall–Kier alpha value is -0.560. The van der Waals surface area contributed by atoms with E-state index in [4.69, 9.17) is 0 Å². The van der Waals surface area contributed by atoms with Gasteiger partial charge in [-0.2, -0.15) is 0 Å². The maximum atomic E-state index is 4.61. The third-order valence-corrected chi connectivity index (χ3v) is 7.74. The normalized spacial score (nSPS) is 17.8. The molecule has 21 heavy (non-hydrogen) atoms. The summed E-state index contributed by atoms with van der Waals surface area (Å²) in [6, 6.07) is 8.95. The topological polar surface area (TPSA) is 15.6 Å². The standard InChI is InChI=1S/C15H14N2S4/c1-18-10-4-3-5-11-9(10)8-12(20-11)13-14(19-2)21-15-16-6-7-17(13)15/h3-5,8H,6-7H2,1-2H3. The lowest BCUT2D eigenvalue weighted by atomic mass is 10.2. The number of thioether (sulfide) groups is 3. The molecule has 2 aliphatic rings. The molecule has 1 aromatic heterocycles. The molecule has 6 heteroatoms. The first-order valence-electron chi connectivity index (χ1n) is 6.67. The van der Waals surface area contributed by atoms with Crippen LogP contribution < -0.4 is 0 Å². The first kappa shape index (κ1) is 14.1. The average molecular weight is 351 g/mol. The molecular weight excluding hydrogens is 336 g/mol. The molecule has 0 amide bonds. The van der Waals surface area contributed by atoms with Gasteiger partial charge in [-0.25, -0.2) is 0 Å². The molecule has 0 atom stereocenters. The Morgan fingerprint density at radius 1 is 1.24 bits per heavy atom. The van der Waals surface area contributed by atoms with Crippen molar-refractivity contribution in [3.63, 3.8) is 0 Å². The molecule has 108 valence electrons. The first-order chi connectivity index (χ1) is 10.3. The van der Waals surface area contributed by atoms with Crippen LogP contribution in [0, 0.1) is 0 Å². The summed E-state index contributed by atoms with van der Waals surface area (Å²) in [4.78, 5) is 9.73. The zero-order chi connectivity index (χ0) is 14.4. The van der Waals surface area contributed by atoms with Gasteiger partial charge in [0.1, 0.15) is 0 Å². The highest BCUT2D eigenvalue weighted by atomic mass is 32.2. The maximum absolute atomic E-state index is 4.61. The molecule has 0 radical (unpaired) electrons. The summed E-state index contributed by atoms with van der Waals surface area (Å²) in [5.74, 6) is 0. The third-order valence-electron chi connectivity index (χ3n) is 3.61. The molecule has 0 N–H and O–H groups in total. The number of nitrogens with zero attached hydrogens (tertiary/aromatic N) is 2. The highest BCUT2D eigenvalue weighted by Crippen LogP contribution is 2.48. The van der Waals surface area contributed by atoms with Gasteiger partial charge in [0, 0.05) is 21.5 Å². The summed E-state index contributed by atoms with van der Waals surface area (Å²) in [7, 11) is 0. The van der Waals surface area contributed by atoms with Crippen molar-refractivity contribution >= 4 is 67.6 Å². The van der Waals surface area contributed by atoms with E-state index in [1.54, 1.807) is 0 Å². The van der Waals surface area contributed by atoms with Crippen molar-refractivity contribution in [3.8, 4) is 0 Å². The number of amidine groups is 1. The van der Waals surface area contributed by atoms with E-state index in [-0.39, 0.29) is 0 Å². The summed E-state index contributed by atoms with van der Waals surface area (Å²) in [6.45, 7) is 1.94. The molecule has 0 spiro atoms. The largest absolute Gasteiger partial charge is 0.316 e. The Kier molecular flexibility index (Phi) is 3.73. The highest BCUT2D eigenvalue weighted by molar-refractivity contribution is 8.30. The van der Waals surface area contributed by atoms with E-state index in [2.05, 4.69) is 46.7 Å². The minimum Gasteiger partial charge on any atom is -0.316 e. The second-order valence-electron chi connectivity index (χ2n) is 4.74. The van der Waals surface area contributed by atoms with Gasteiger partial charge in [0.25, 0.3) is 0 Å². The Bertz CT molecular complexity index is 775. The molecule has 0 bridgehead atoms. The van der Waals surface area contributed by atoms with E-state index in [1.165, 1.54) is 35.0 Å². The van der Waals surface area contributed by atoms with Crippen LogP contribution in [0.25, 0.3) is 15.8 Å². The maximum Gasteiger partial charge on any atom is 0.169 e. The van der Waals surface area contributed by atoms with Crippen molar-refractivity contribution in [3.05, 3.63) is 33.4 Å². The Morgan fingerprint density at radius 3 is 2.95 bits per heavy atom. The van der Waals surface area contributed by atoms with Crippen LogP contribution in [0.4, 0.5) is 0 Å². The molecule has 0 saturated heterocycles. The zero-order valence-electron chi connectivity index (χ0n) is 11.8. The van der Waals surface area contributed by atoms with Crippen LogP contribution in [0.1, 0.15) is 4.88 Å². The molecule has 2 aromatic rings. The van der Waals surface area contributed by atoms with Crippen molar-refractivity contribution in [2.45, 2.75) is 4.90 Å². The van der Waals surface area contributed by atoms with Crippen LogP contribution in [-0.2, 0) is 0 Å². The minimum absolute atomic E-state index is 0.925. The van der Waals surface area contributed by atoms with Gasteiger partial charge in [0.05, 0.1) is 21.4 Å². The van der Waals surface area contributed by atoms with E-state index in [9.17, 15) is 0 Å². The summed E-state index contributed by atoms with van der Waals surface area (Å²) < 4.78 is 2.75. The smallest absolute Gasteiger partial charge is 0.169 e. The fourth-order valence-corrected chi connectivity index (χ4v) is 6.51. The van der Waals surface area contributed by atoms with Gasteiger partial charge in [-0.3, -0.25) is 4.99 Å². The minimum atomic E-state index is 0.925. The molecule has 4 rings (SSSR count). The fraction of sp³-hybridized carbons (Fsp3) is 0.267. The highest BCUT2D eigenvalue weighted by Gasteiger charge is 2.33. The van der Waals surface area contributed by atoms with Gasteiger partial charge in [0.2, 0.25) is 0 Å². The third kappa shape index (κ3) is 2.23. The summed E-state index contributed by atoms with van der Waals surface area (Å²) in [5, 5.41) is 2.56. The van der Waals surface area contributed by atoms with Crippen molar-refractivity contribution in [1.29, 1.82) is 0 Å². The monoisotopic (exact) mass is 350 g/mol. The molecule has 2 nitrogen and oxygen atoms in total. The molecule has 3 heterocycles. The van der Waals surface area contributed by atoms with Crippen molar-refractivity contribution in [2.24, 2.45) is 4.99 Å². The molecule has 2 aliphatic heterocycles. The summed E-state index contributed by atoms with van der Waals surface area (Å²) in [6.07, 6.45) is 4.31. The SMILES string of the molecule is CSC1=C(c2cc3c(SC)cccc3s2)N2CCN=C2S1. The Labute approximate surface area is 141 Å². The van der Waals surface area contributed by atoms with E-state index < -0.39 is 0 Å². The molecule has 1 aromatic carbocycles. The predicted octanol–water partition coefficient (Wildman–Crippen LogP) is 5.03. The predicted molar refractivity (Wildman–Crippen MR) is 101 cm³/mol. The molecule has 0 aliphatic carbocycles. The first-order valence-corrected chi connectivity index (χ1v) is 10.7. The number of fused-ring (bicyclic) bond motifs is 2. The number of aliphatic imine (C=N–C) groups is 1. The van der Waals surface area contributed by atoms with Gasteiger partial charge >= 0.3 is 0 Å². The van der Waals surface area contributed by atoms with Crippen LogP contribution in [0.5, 0.6) is 0 Å². The second kappa shape index (κ2) is 5.57. The number of hydrogen-bond donors (Lipinski definition) is 0. The van der Waals surface area contributed by atoms with Crippen LogP contribution in [0.15, 0.2) is 38.4 Å². The molecule has 0 saturated carbocycles.